The third-order valence-electron chi connectivity index (χ3n) is 16.7. The smallest absolute Gasteiger partial charge is 0.257 e. The standard InChI is InChI=1S/C67H72N10O14S2/c1-40(2)63(74-60(78)10-8-7-9-25-77-61(79)21-22-62(77)80)65(82)72-41(3)64(81)73-48-29-42(38-90-51-15-20-54-56(33-51)70-36-49-31-46(23-26-75(49)66(54)83)44-11-16-52(17-12-44)92(85,86)68-4)28-43(30-48)39-91-59-35-57-55(34-58(59)89-6)67(84)76-27-24-47(32-50(76)37-71-57)45-13-18-53(19-14-45)93(87,88)69-5/h11-24,28-30,33-37,40-41,49-50,63,68-69H,7-10,25-27,31-32,38-39H2,1-6H3,(H,72,82)(H,73,81)(H,74,78)/t41-,49-,50-,63-/m0/s1. The Kier molecular flexibility index (Phi) is 20.3. The highest BCUT2D eigenvalue weighted by atomic mass is 32.2. The lowest BCUT2D eigenvalue weighted by Crippen LogP contribution is -2.53. The number of hydrogen-bond donors (Lipinski definition) is 5. The summed E-state index contributed by atoms with van der Waals surface area (Å²) in [5, 5.41) is 8.45. The number of anilines is 1. The second-order valence-corrected chi connectivity index (χ2v) is 27.0. The molecule has 5 aliphatic heterocycles. The number of ether oxygens (including phenoxy) is 3. The topological polar surface area (TPSA) is 310 Å². The van der Waals surface area contributed by atoms with E-state index in [9.17, 15) is 50.4 Å². The second kappa shape index (κ2) is 28.5. The number of unbranched alkanes of at least 4 members (excludes halogenated alkanes) is 2. The minimum atomic E-state index is -3.63. The quantitative estimate of drug-likeness (QED) is 0.0298. The van der Waals surface area contributed by atoms with Crippen LogP contribution in [0.3, 0.4) is 0 Å². The Balaban J connectivity index is 0.839. The molecular formula is C67H72N10O14S2. The number of nitrogens with zero attached hydrogens (tertiary/aromatic N) is 5. The number of rotatable bonds is 25. The molecule has 5 aromatic rings. The molecule has 0 radical (unpaired) electrons. The lowest BCUT2D eigenvalue weighted by atomic mass is 9.94. The Bertz CT molecular complexity index is 4170. The van der Waals surface area contributed by atoms with Crippen LogP contribution in [0.5, 0.6) is 17.2 Å². The van der Waals surface area contributed by atoms with Crippen molar-refractivity contribution in [3.63, 3.8) is 0 Å². The van der Waals surface area contributed by atoms with Gasteiger partial charge in [0.2, 0.25) is 37.8 Å². The first kappa shape index (κ1) is 66.3. The van der Waals surface area contributed by atoms with Crippen LogP contribution in [0.15, 0.2) is 141 Å². The van der Waals surface area contributed by atoms with Crippen molar-refractivity contribution >= 4 is 102 Å². The maximum absolute atomic E-state index is 14.2. The van der Waals surface area contributed by atoms with Crippen LogP contribution in [0.4, 0.5) is 17.1 Å². The third-order valence-corrected chi connectivity index (χ3v) is 19.5. The number of sulfonamides is 2. The van der Waals surface area contributed by atoms with Gasteiger partial charge in [-0.3, -0.25) is 48.4 Å². The molecule has 10 rings (SSSR count). The maximum atomic E-state index is 14.2. The van der Waals surface area contributed by atoms with Crippen molar-refractivity contribution in [2.45, 2.75) is 106 Å². The molecule has 26 heteroatoms. The summed E-state index contributed by atoms with van der Waals surface area (Å²) in [6.45, 7) is 5.73. The van der Waals surface area contributed by atoms with Gasteiger partial charge in [0.1, 0.15) is 31.0 Å². The highest BCUT2D eigenvalue weighted by molar-refractivity contribution is 7.89. The highest BCUT2D eigenvalue weighted by Gasteiger charge is 2.35. The minimum absolute atomic E-state index is 0.0439. The first-order valence-corrected chi connectivity index (χ1v) is 33.3. The van der Waals surface area contributed by atoms with Gasteiger partial charge in [0, 0.05) is 68.5 Å². The Labute approximate surface area is 539 Å². The summed E-state index contributed by atoms with van der Waals surface area (Å²) >= 11 is 0. The molecule has 0 aliphatic carbocycles. The molecule has 5 N–H and O–H groups in total. The number of imide groups is 1. The van der Waals surface area contributed by atoms with Crippen LogP contribution in [0.1, 0.15) is 102 Å². The van der Waals surface area contributed by atoms with Gasteiger partial charge >= 0.3 is 0 Å². The molecule has 0 bridgehead atoms. The molecule has 4 atom stereocenters. The highest BCUT2D eigenvalue weighted by Crippen LogP contribution is 2.40. The van der Waals surface area contributed by atoms with Crippen LogP contribution < -0.4 is 39.6 Å². The average Bonchev–Trinajstić information content (AvgIpc) is 1.76. The predicted octanol–water partition coefficient (Wildman–Crippen LogP) is 6.77. The number of hydrogen-bond acceptors (Lipinski definition) is 16. The molecule has 0 spiro atoms. The Morgan fingerprint density at radius 3 is 1.71 bits per heavy atom. The normalized spacial score (nSPS) is 17.5. The van der Waals surface area contributed by atoms with Crippen molar-refractivity contribution in [3.05, 3.63) is 155 Å². The van der Waals surface area contributed by atoms with Crippen LogP contribution in [0.25, 0.3) is 11.1 Å². The van der Waals surface area contributed by atoms with Gasteiger partial charge in [0.05, 0.1) is 51.5 Å². The van der Waals surface area contributed by atoms with Crippen molar-refractivity contribution in [3.8, 4) is 17.2 Å². The summed E-state index contributed by atoms with van der Waals surface area (Å²) in [5.41, 5.74) is 6.37. The van der Waals surface area contributed by atoms with E-state index in [1.54, 1.807) is 115 Å². The Morgan fingerprint density at radius 1 is 0.613 bits per heavy atom. The molecule has 5 aliphatic rings. The maximum Gasteiger partial charge on any atom is 0.257 e. The van der Waals surface area contributed by atoms with Gasteiger partial charge in [-0.15, -0.1) is 0 Å². The fourth-order valence-electron chi connectivity index (χ4n) is 11.4. The number of benzene rings is 5. The molecule has 486 valence electrons. The first-order chi connectivity index (χ1) is 44.5. The van der Waals surface area contributed by atoms with Crippen LogP contribution in [-0.4, -0.2) is 150 Å². The summed E-state index contributed by atoms with van der Waals surface area (Å²) in [6.07, 6.45) is 12.3. The number of aliphatic imine (C=N–C) groups is 2. The van der Waals surface area contributed by atoms with Gasteiger partial charge in [-0.1, -0.05) is 56.7 Å². The zero-order valence-corrected chi connectivity index (χ0v) is 53.8. The van der Waals surface area contributed by atoms with E-state index in [4.69, 9.17) is 24.2 Å². The second-order valence-electron chi connectivity index (χ2n) is 23.2. The summed E-state index contributed by atoms with van der Waals surface area (Å²) in [7, 11) is -3.10. The van der Waals surface area contributed by atoms with Crippen molar-refractivity contribution in [2.75, 3.05) is 46.2 Å². The molecule has 0 saturated heterocycles. The molecule has 24 nitrogen and oxygen atoms in total. The number of carbonyl (C=O) groups excluding carboxylic acids is 7. The van der Waals surface area contributed by atoms with Gasteiger partial charge in [0.25, 0.3) is 23.6 Å². The molecule has 93 heavy (non-hydrogen) atoms. The van der Waals surface area contributed by atoms with Crippen LogP contribution >= 0.6 is 0 Å². The zero-order chi connectivity index (χ0) is 66.3. The molecule has 0 saturated carbocycles. The van der Waals surface area contributed by atoms with Gasteiger partial charge in [-0.25, -0.2) is 26.3 Å². The number of methoxy groups -OCH3 is 1. The van der Waals surface area contributed by atoms with E-state index in [0.717, 1.165) is 27.2 Å². The molecule has 0 unspecified atom stereocenters. The lowest BCUT2D eigenvalue weighted by molar-refractivity contribution is -0.137. The first-order valence-electron chi connectivity index (χ1n) is 30.4. The van der Waals surface area contributed by atoms with Crippen molar-refractivity contribution in [2.24, 2.45) is 15.9 Å². The summed E-state index contributed by atoms with van der Waals surface area (Å²) in [5.74, 6) is -2.20. The van der Waals surface area contributed by atoms with E-state index in [2.05, 4.69) is 25.4 Å². The van der Waals surface area contributed by atoms with E-state index in [1.807, 2.05) is 18.2 Å². The molecule has 0 fully saturated rings. The van der Waals surface area contributed by atoms with Crippen LogP contribution in [0, 0.1) is 5.92 Å². The van der Waals surface area contributed by atoms with Crippen LogP contribution in [0.2, 0.25) is 0 Å². The largest absolute Gasteiger partial charge is 0.493 e. The van der Waals surface area contributed by atoms with Crippen LogP contribution in [-0.2, 0) is 57.2 Å². The van der Waals surface area contributed by atoms with Crippen molar-refractivity contribution in [1.29, 1.82) is 0 Å². The fourth-order valence-corrected chi connectivity index (χ4v) is 12.9. The predicted molar refractivity (Wildman–Crippen MR) is 348 cm³/mol. The monoisotopic (exact) mass is 1300 g/mol. The van der Waals surface area contributed by atoms with E-state index in [0.29, 0.717) is 83.7 Å². The minimum Gasteiger partial charge on any atom is -0.493 e. The van der Waals surface area contributed by atoms with E-state index in [1.165, 1.54) is 52.4 Å². The van der Waals surface area contributed by atoms with E-state index >= 15 is 0 Å². The molecule has 7 amide bonds. The molecule has 5 aromatic carbocycles. The van der Waals surface area contributed by atoms with Gasteiger partial charge in [-0.2, -0.15) is 0 Å². The molecular weight excluding hydrogens is 1230 g/mol. The van der Waals surface area contributed by atoms with Crippen molar-refractivity contribution < 1.29 is 64.6 Å². The van der Waals surface area contributed by atoms with E-state index in [-0.39, 0.29) is 95.5 Å². The fraction of sp³-hybridized carbons (Fsp3) is 0.328. The number of fused-ring (bicyclic) bond motifs is 4. The lowest BCUT2D eigenvalue weighted by Gasteiger charge is -2.32. The van der Waals surface area contributed by atoms with Crippen molar-refractivity contribution in [1.82, 2.24) is 34.8 Å². The average molecular weight is 1310 g/mol. The summed E-state index contributed by atoms with van der Waals surface area (Å²) in [4.78, 5) is 107. The van der Waals surface area contributed by atoms with E-state index < -0.39 is 50.0 Å². The Hall–Kier alpha value is -9.63. The molecule has 0 aromatic heterocycles. The van der Waals surface area contributed by atoms with Gasteiger partial charge in [-0.05, 0) is 147 Å². The third kappa shape index (κ3) is 15.3. The number of carbonyl (C=O) groups is 7. The number of nitrogens with one attached hydrogen (secondary N) is 5. The zero-order valence-electron chi connectivity index (χ0n) is 52.1. The van der Waals surface area contributed by atoms with Gasteiger partial charge in [0.15, 0.2) is 11.5 Å². The van der Waals surface area contributed by atoms with Gasteiger partial charge < -0.3 is 40.0 Å². The summed E-state index contributed by atoms with van der Waals surface area (Å²) < 4.78 is 72.8. The Morgan fingerprint density at radius 2 is 1.16 bits per heavy atom. The SMILES string of the molecule is CNS(=O)(=O)c1ccc(C2=CCN3C(=O)c4ccc(OCc5cc(COc6cc7c(cc6OC)C(=O)N6CC=C(c8ccc(S(=O)(=O)NC)cc8)C[C@H]6C=N7)cc(NC(=O)[C@H](C)NC(=O)[C@@H](NC(=O)CCCCCN6C(=O)C=CC6=O)C(C)C)c5)cc4N=C[C@@H]3C2)cc1. The number of amides is 7. The molecule has 5 heterocycles. The summed E-state index contributed by atoms with van der Waals surface area (Å²) in [6, 6.07) is 23.7.